The Balaban J connectivity index is 2.56. The number of benzene rings is 1. The molecule has 4 nitrogen and oxygen atoms in total. The van der Waals surface area contributed by atoms with Gasteiger partial charge in [-0.15, -0.1) is 0 Å². The number of nitrogens with two attached hydrogens (primary N) is 2. The molecule has 6 heteroatoms. The van der Waals surface area contributed by atoms with E-state index < -0.39 is 5.82 Å². The molecule has 0 radical (unpaired) electrons. The molecule has 0 saturated heterocycles. The first kappa shape index (κ1) is 11.7. The molecule has 2 rings (SSSR count). The molecule has 1 aromatic carbocycles. The Hall–Kier alpha value is -1.75. The molecule has 17 heavy (non-hydrogen) atoms. The van der Waals surface area contributed by atoms with Crippen molar-refractivity contribution in [3.05, 3.63) is 34.9 Å². The van der Waals surface area contributed by atoms with Gasteiger partial charge in [0.15, 0.2) is 5.82 Å². The highest BCUT2D eigenvalue weighted by Gasteiger charge is 2.14. The zero-order valence-corrected chi connectivity index (χ0v) is 10.0. The minimum absolute atomic E-state index is 0.0650. The summed E-state index contributed by atoms with van der Waals surface area (Å²) in [7, 11) is 0. The monoisotopic (exact) mass is 254 g/mol. The number of halogens is 2. The van der Waals surface area contributed by atoms with Gasteiger partial charge in [0.25, 0.3) is 0 Å². The largest absolute Gasteiger partial charge is 0.382 e. The Kier molecular flexibility index (Phi) is 2.93. The van der Waals surface area contributed by atoms with Crippen molar-refractivity contribution in [1.82, 2.24) is 9.66 Å². The van der Waals surface area contributed by atoms with Crippen molar-refractivity contribution in [2.24, 2.45) is 0 Å². The Morgan fingerprint density at radius 3 is 2.71 bits per heavy atom. The Labute approximate surface area is 103 Å². The van der Waals surface area contributed by atoms with Crippen LogP contribution >= 0.6 is 11.6 Å². The molecule has 0 unspecified atom stereocenters. The molecule has 1 aromatic heterocycles. The van der Waals surface area contributed by atoms with E-state index in [2.05, 4.69) is 4.98 Å². The van der Waals surface area contributed by atoms with Crippen LogP contribution in [-0.2, 0) is 6.42 Å². The Bertz CT molecular complexity index is 565. The summed E-state index contributed by atoms with van der Waals surface area (Å²) in [5.41, 5.74) is 6.85. The lowest BCUT2D eigenvalue weighted by molar-refractivity contribution is 0.628. The molecule has 0 spiro atoms. The van der Waals surface area contributed by atoms with Crippen LogP contribution in [0.1, 0.15) is 12.7 Å². The molecular weight excluding hydrogens is 243 g/mol. The second-order valence-corrected chi connectivity index (χ2v) is 4.02. The smallest absolute Gasteiger partial charge is 0.150 e. The predicted molar refractivity (Wildman–Crippen MR) is 66.6 cm³/mol. The minimum Gasteiger partial charge on any atom is -0.382 e. The third-order valence-electron chi connectivity index (χ3n) is 2.53. The van der Waals surface area contributed by atoms with Gasteiger partial charge in [0.05, 0.1) is 5.02 Å². The van der Waals surface area contributed by atoms with Crippen LogP contribution in [0.25, 0.3) is 11.3 Å². The molecule has 2 aromatic rings. The van der Waals surface area contributed by atoms with E-state index in [1.807, 2.05) is 6.92 Å². The zero-order valence-electron chi connectivity index (χ0n) is 9.24. The number of nitrogens with zero attached hydrogens (tertiary/aromatic N) is 2. The van der Waals surface area contributed by atoms with E-state index >= 15 is 0 Å². The first-order valence-electron chi connectivity index (χ1n) is 5.12. The fourth-order valence-corrected chi connectivity index (χ4v) is 1.72. The first-order valence-corrected chi connectivity index (χ1v) is 5.50. The zero-order chi connectivity index (χ0) is 12.6. The number of hydrogen-bond donors (Lipinski definition) is 2. The number of imidazole rings is 1. The van der Waals surface area contributed by atoms with Crippen molar-refractivity contribution in [3.8, 4) is 11.3 Å². The van der Waals surface area contributed by atoms with Gasteiger partial charge in [-0.25, -0.2) is 14.1 Å². The fourth-order valence-electron chi connectivity index (χ4n) is 1.60. The molecule has 0 saturated carbocycles. The normalized spacial score (nSPS) is 10.8. The Morgan fingerprint density at radius 1 is 1.47 bits per heavy atom. The molecule has 0 amide bonds. The van der Waals surface area contributed by atoms with Gasteiger partial charge in [-0.1, -0.05) is 24.6 Å². The van der Waals surface area contributed by atoms with E-state index in [0.29, 0.717) is 29.3 Å². The fraction of sp³-hybridized carbons (Fsp3) is 0.182. The molecule has 0 aliphatic carbocycles. The van der Waals surface area contributed by atoms with Gasteiger partial charge in [-0.2, -0.15) is 0 Å². The van der Waals surface area contributed by atoms with Gasteiger partial charge in [0.1, 0.15) is 17.3 Å². The lowest BCUT2D eigenvalue weighted by atomic mass is 10.1. The molecule has 0 aliphatic rings. The highest BCUT2D eigenvalue weighted by atomic mass is 35.5. The summed E-state index contributed by atoms with van der Waals surface area (Å²) in [6.07, 6.45) is 0.650. The second-order valence-electron chi connectivity index (χ2n) is 3.61. The van der Waals surface area contributed by atoms with E-state index in [0.717, 1.165) is 0 Å². The average molecular weight is 255 g/mol. The van der Waals surface area contributed by atoms with E-state index in [-0.39, 0.29) is 5.02 Å². The topological polar surface area (TPSA) is 69.9 Å². The first-order chi connectivity index (χ1) is 8.04. The minimum atomic E-state index is -0.506. The van der Waals surface area contributed by atoms with Gasteiger partial charge < -0.3 is 11.6 Å². The van der Waals surface area contributed by atoms with E-state index in [1.165, 1.54) is 16.8 Å². The van der Waals surface area contributed by atoms with E-state index in [9.17, 15) is 4.39 Å². The third kappa shape index (κ3) is 1.93. The Morgan fingerprint density at radius 2 is 2.18 bits per heavy atom. The second kappa shape index (κ2) is 4.25. The SMILES string of the molecule is CCc1nc(-c2ccc(Cl)c(F)c2)c(N)n1N. The number of rotatable bonds is 2. The van der Waals surface area contributed by atoms with Gasteiger partial charge in [0.2, 0.25) is 0 Å². The van der Waals surface area contributed by atoms with Crippen LogP contribution in [0, 0.1) is 5.82 Å². The van der Waals surface area contributed by atoms with Crippen LogP contribution in [-0.4, -0.2) is 9.66 Å². The van der Waals surface area contributed by atoms with Crippen molar-refractivity contribution >= 4 is 17.4 Å². The quantitative estimate of drug-likeness (QED) is 0.807. The number of aromatic nitrogens is 2. The molecule has 1 heterocycles. The maximum atomic E-state index is 13.3. The summed E-state index contributed by atoms with van der Waals surface area (Å²) in [6.45, 7) is 1.91. The highest BCUT2D eigenvalue weighted by Crippen LogP contribution is 2.27. The van der Waals surface area contributed by atoms with Crippen LogP contribution < -0.4 is 11.6 Å². The van der Waals surface area contributed by atoms with Crippen LogP contribution in [0.3, 0.4) is 0 Å². The van der Waals surface area contributed by atoms with Gasteiger partial charge in [-0.05, 0) is 12.1 Å². The maximum Gasteiger partial charge on any atom is 0.150 e. The summed E-state index contributed by atoms with van der Waals surface area (Å²) < 4.78 is 14.7. The lowest BCUT2D eigenvalue weighted by Crippen LogP contribution is -2.14. The van der Waals surface area contributed by atoms with Crippen molar-refractivity contribution < 1.29 is 4.39 Å². The average Bonchev–Trinajstić information content (AvgIpc) is 2.60. The molecule has 0 fully saturated rings. The van der Waals surface area contributed by atoms with E-state index in [4.69, 9.17) is 23.2 Å². The van der Waals surface area contributed by atoms with Crippen LogP contribution in [0.15, 0.2) is 18.2 Å². The van der Waals surface area contributed by atoms with Gasteiger partial charge in [-0.3, -0.25) is 0 Å². The number of nitrogen functional groups attached to an aromatic ring is 2. The number of anilines is 1. The molecule has 90 valence electrons. The van der Waals surface area contributed by atoms with Gasteiger partial charge in [0, 0.05) is 12.0 Å². The van der Waals surface area contributed by atoms with Crippen molar-refractivity contribution in [3.63, 3.8) is 0 Å². The maximum absolute atomic E-state index is 13.3. The number of hydrogen-bond acceptors (Lipinski definition) is 3. The van der Waals surface area contributed by atoms with Crippen LogP contribution in [0.5, 0.6) is 0 Å². The molecule has 0 bridgehead atoms. The summed E-state index contributed by atoms with van der Waals surface area (Å²) in [5.74, 6) is 6.18. The predicted octanol–water partition coefficient (Wildman–Crippen LogP) is 2.20. The van der Waals surface area contributed by atoms with Crippen molar-refractivity contribution in [2.75, 3.05) is 11.6 Å². The highest BCUT2D eigenvalue weighted by molar-refractivity contribution is 6.30. The molecule has 4 N–H and O–H groups in total. The summed E-state index contributed by atoms with van der Waals surface area (Å²) in [4.78, 5) is 4.27. The van der Waals surface area contributed by atoms with Crippen molar-refractivity contribution in [2.45, 2.75) is 13.3 Å². The lowest BCUT2D eigenvalue weighted by Gasteiger charge is -2.01. The van der Waals surface area contributed by atoms with Crippen LogP contribution in [0.2, 0.25) is 5.02 Å². The number of aryl methyl sites for hydroxylation is 1. The summed E-state index contributed by atoms with van der Waals surface area (Å²) in [6, 6.07) is 4.41. The summed E-state index contributed by atoms with van der Waals surface area (Å²) >= 11 is 5.62. The molecular formula is C11H12ClFN4. The van der Waals surface area contributed by atoms with Crippen LogP contribution in [0.4, 0.5) is 10.2 Å². The van der Waals surface area contributed by atoms with Crippen molar-refractivity contribution in [1.29, 1.82) is 0 Å². The third-order valence-corrected chi connectivity index (χ3v) is 2.84. The van der Waals surface area contributed by atoms with Gasteiger partial charge >= 0.3 is 0 Å². The molecule has 0 atom stereocenters. The molecule has 0 aliphatic heterocycles. The summed E-state index contributed by atoms with van der Waals surface area (Å²) in [5, 5.41) is 0.0650. The standard InChI is InChI=1S/C11H12ClFN4/c1-2-9-16-10(11(14)17(9)15)6-3-4-7(12)8(13)5-6/h3-5H,2,14-15H2,1H3. The van der Waals surface area contributed by atoms with E-state index in [1.54, 1.807) is 6.07 Å².